The SMILES string of the molecule is CC(C)c1ccc(CSOc2ccc(C#N)nn2)cn1. The third-order valence-corrected chi connectivity index (χ3v) is 3.30. The van der Waals surface area contributed by atoms with Crippen LogP contribution in [0.1, 0.15) is 36.7 Å². The van der Waals surface area contributed by atoms with Gasteiger partial charge in [-0.05, 0) is 23.6 Å². The van der Waals surface area contributed by atoms with Gasteiger partial charge < -0.3 is 4.18 Å². The van der Waals surface area contributed by atoms with E-state index in [9.17, 15) is 0 Å². The fourth-order valence-corrected chi connectivity index (χ4v) is 2.02. The van der Waals surface area contributed by atoms with Crippen LogP contribution in [0.15, 0.2) is 30.5 Å². The highest BCUT2D eigenvalue weighted by molar-refractivity contribution is 7.94. The highest BCUT2D eigenvalue weighted by Gasteiger charge is 2.03. The van der Waals surface area contributed by atoms with Gasteiger partial charge in [0.25, 0.3) is 0 Å². The molecule has 0 bridgehead atoms. The van der Waals surface area contributed by atoms with Crippen molar-refractivity contribution in [2.24, 2.45) is 0 Å². The molecule has 0 aliphatic rings. The first-order chi connectivity index (χ1) is 9.69. The van der Waals surface area contributed by atoms with E-state index in [1.165, 1.54) is 12.0 Å². The Hall–Kier alpha value is -2.13. The lowest BCUT2D eigenvalue weighted by Gasteiger charge is -2.05. The molecule has 0 aliphatic carbocycles. The number of nitriles is 1. The molecule has 6 heteroatoms. The Morgan fingerprint density at radius 2 is 2.10 bits per heavy atom. The van der Waals surface area contributed by atoms with Gasteiger partial charge in [0, 0.05) is 18.0 Å². The van der Waals surface area contributed by atoms with E-state index in [-0.39, 0.29) is 5.69 Å². The third kappa shape index (κ3) is 3.93. The summed E-state index contributed by atoms with van der Waals surface area (Å²) >= 11 is 1.26. The van der Waals surface area contributed by atoms with Gasteiger partial charge in [0.05, 0.1) is 17.8 Å². The van der Waals surface area contributed by atoms with E-state index in [4.69, 9.17) is 9.44 Å². The minimum Gasteiger partial charge on any atom is -0.404 e. The highest BCUT2D eigenvalue weighted by Crippen LogP contribution is 2.18. The molecule has 0 saturated heterocycles. The summed E-state index contributed by atoms with van der Waals surface area (Å²) in [5.41, 5.74) is 2.44. The Balaban J connectivity index is 1.84. The summed E-state index contributed by atoms with van der Waals surface area (Å²) in [5, 5.41) is 16.1. The second-order valence-electron chi connectivity index (χ2n) is 4.46. The molecule has 20 heavy (non-hydrogen) atoms. The average Bonchev–Trinajstić information content (AvgIpc) is 2.48. The van der Waals surface area contributed by atoms with Gasteiger partial charge in [-0.25, -0.2) is 0 Å². The Kier molecular flexibility index (Phi) is 4.91. The molecule has 102 valence electrons. The molecule has 2 heterocycles. The average molecular weight is 286 g/mol. The van der Waals surface area contributed by atoms with E-state index in [0.717, 1.165) is 11.3 Å². The van der Waals surface area contributed by atoms with Gasteiger partial charge >= 0.3 is 0 Å². The second kappa shape index (κ2) is 6.87. The first-order valence-corrected chi connectivity index (χ1v) is 7.08. The van der Waals surface area contributed by atoms with E-state index in [1.807, 2.05) is 24.4 Å². The van der Waals surface area contributed by atoms with Gasteiger partial charge in [-0.1, -0.05) is 19.9 Å². The van der Waals surface area contributed by atoms with Crippen LogP contribution in [-0.2, 0) is 5.75 Å². The van der Waals surface area contributed by atoms with Crippen LogP contribution in [0.5, 0.6) is 5.88 Å². The molecule has 0 radical (unpaired) electrons. The molecule has 0 aliphatic heterocycles. The zero-order valence-electron chi connectivity index (χ0n) is 11.3. The van der Waals surface area contributed by atoms with Crippen molar-refractivity contribution in [3.8, 4) is 11.9 Å². The first kappa shape index (κ1) is 14.3. The van der Waals surface area contributed by atoms with Gasteiger partial charge in [0.15, 0.2) is 5.69 Å². The lowest BCUT2D eigenvalue weighted by Crippen LogP contribution is -1.94. The molecule has 0 amide bonds. The molecule has 0 saturated carbocycles. The van der Waals surface area contributed by atoms with Crippen LogP contribution in [0.4, 0.5) is 0 Å². The first-order valence-electron chi connectivity index (χ1n) is 6.17. The van der Waals surface area contributed by atoms with Crippen molar-refractivity contribution in [1.82, 2.24) is 15.2 Å². The van der Waals surface area contributed by atoms with Crippen molar-refractivity contribution >= 4 is 12.0 Å². The monoisotopic (exact) mass is 286 g/mol. The molecule has 0 N–H and O–H groups in total. The summed E-state index contributed by atoms with van der Waals surface area (Å²) in [5.74, 6) is 1.50. The maximum Gasteiger partial charge on any atom is 0.247 e. The van der Waals surface area contributed by atoms with Gasteiger partial charge in [0.2, 0.25) is 5.88 Å². The molecular formula is C14H14N4OS. The fourth-order valence-electron chi connectivity index (χ4n) is 1.44. The minimum atomic E-state index is 0.274. The summed E-state index contributed by atoms with van der Waals surface area (Å²) in [7, 11) is 0. The van der Waals surface area contributed by atoms with E-state index in [0.29, 0.717) is 17.6 Å². The van der Waals surface area contributed by atoms with E-state index >= 15 is 0 Å². The van der Waals surface area contributed by atoms with Crippen molar-refractivity contribution in [2.45, 2.75) is 25.5 Å². The second-order valence-corrected chi connectivity index (χ2v) is 5.15. The summed E-state index contributed by atoms with van der Waals surface area (Å²) in [4.78, 5) is 4.39. The number of aromatic nitrogens is 3. The highest BCUT2D eigenvalue weighted by atomic mass is 32.2. The summed E-state index contributed by atoms with van der Waals surface area (Å²) in [6.45, 7) is 4.23. The number of pyridine rings is 1. The summed E-state index contributed by atoms with van der Waals surface area (Å²) < 4.78 is 5.39. The van der Waals surface area contributed by atoms with Crippen molar-refractivity contribution < 1.29 is 4.18 Å². The zero-order valence-corrected chi connectivity index (χ0v) is 12.1. The molecular weight excluding hydrogens is 272 g/mol. The smallest absolute Gasteiger partial charge is 0.247 e. The standard InChI is InChI=1S/C14H14N4OS/c1-10(2)13-5-3-11(8-16-13)9-20-19-14-6-4-12(7-15)17-18-14/h3-6,8,10H,9H2,1-2H3. The fraction of sp³-hybridized carbons (Fsp3) is 0.286. The van der Waals surface area contributed by atoms with Gasteiger partial charge in [0.1, 0.15) is 6.07 Å². The van der Waals surface area contributed by atoms with Crippen molar-refractivity contribution in [3.05, 3.63) is 47.4 Å². The van der Waals surface area contributed by atoms with Crippen LogP contribution in [-0.4, -0.2) is 15.2 Å². The molecule has 2 aromatic heterocycles. The molecule has 0 spiro atoms. The molecule has 0 aromatic carbocycles. The number of nitrogens with zero attached hydrogens (tertiary/aromatic N) is 4. The maximum absolute atomic E-state index is 8.61. The number of hydrogen-bond donors (Lipinski definition) is 0. The molecule has 5 nitrogen and oxygen atoms in total. The molecule has 0 atom stereocenters. The Labute approximate surface area is 122 Å². The van der Waals surface area contributed by atoms with Crippen LogP contribution < -0.4 is 4.18 Å². The van der Waals surface area contributed by atoms with Crippen LogP contribution >= 0.6 is 12.0 Å². The van der Waals surface area contributed by atoms with Gasteiger partial charge in [-0.3, -0.25) is 4.98 Å². The predicted octanol–water partition coefficient (Wildman–Crippen LogP) is 3.09. The largest absolute Gasteiger partial charge is 0.404 e. The van der Waals surface area contributed by atoms with Crippen LogP contribution in [0, 0.1) is 11.3 Å². The Morgan fingerprint density at radius 3 is 2.65 bits per heavy atom. The lowest BCUT2D eigenvalue weighted by atomic mass is 10.1. The van der Waals surface area contributed by atoms with Crippen LogP contribution in [0.2, 0.25) is 0 Å². The van der Waals surface area contributed by atoms with E-state index in [1.54, 1.807) is 12.1 Å². The van der Waals surface area contributed by atoms with Crippen LogP contribution in [0.25, 0.3) is 0 Å². The quantitative estimate of drug-likeness (QED) is 0.786. The molecule has 0 unspecified atom stereocenters. The number of hydrogen-bond acceptors (Lipinski definition) is 6. The molecule has 2 aromatic rings. The number of rotatable bonds is 5. The summed E-state index contributed by atoms with van der Waals surface area (Å²) in [6, 6.07) is 9.18. The lowest BCUT2D eigenvalue weighted by molar-refractivity contribution is 0.599. The van der Waals surface area contributed by atoms with Crippen LogP contribution in [0.3, 0.4) is 0 Å². The minimum absolute atomic E-state index is 0.274. The van der Waals surface area contributed by atoms with Gasteiger partial charge in [-0.2, -0.15) is 5.26 Å². The summed E-state index contributed by atoms with van der Waals surface area (Å²) in [6.07, 6.45) is 1.86. The Morgan fingerprint density at radius 1 is 1.25 bits per heavy atom. The van der Waals surface area contributed by atoms with Crippen molar-refractivity contribution in [2.75, 3.05) is 0 Å². The molecule has 0 fully saturated rings. The van der Waals surface area contributed by atoms with Crippen molar-refractivity contribution in [1.29, 1.82) is 5.26 Å². The normalized spacial score (nSPS) is 10.3. The van der Waals surface area contributed by atoms with E-state index in [2.05, 4.69) is 29.0 Å². The topological polar surface area (TPSA) is 71.7 Å². The zero-order chi connectivity index (χ0) is 14.4. The maximum atomic E-state index is 8.61. The van der Waals surface area contributed by atoms with Crippen molar-refractivity contribution in [3.63, 3.8) is 0 Å². The molecule has 2 rings (SSSR count). The predicted molar refractivity (Wildman–Crippen MR) is 77.0 cm³/mol. The van der Waals surface area contributed by atoms with Gasteiger partial charge in [-0.15, -0.1) is 10.2 Å². The van der Waals surface area contributed by atoms with E-state index < -0.39 is 0 Å². The Bertz CT molecular complexity index is 590. The third-order valence-electron chi connectivity index (χ3n) is 2.56.